The molecule has 0 saturated carbocycles. The summed E-state index contributed by atoms with van der Waals surface area (Å²) < 4.78 is 41.7. The van der Waals surface area contributed by atoms with Gasteiger partial charge in [-0.2, -0.15) is 0 Å². The first-order valence-electron chi connectivity index (χ1n) is 9.48. The Balaban J connectivity index is 1.61. The first-order chi connectivity index (χ1) is 13.9. The van der Waals surface area contributed by atoms with Crippen molar-refractivity contribution in [3.05, 3.63) is 47.3 Å². The van der Waals surface area contributed by atoms with Gasteiger partial charge < -0.3 is 18.9 Å². The Hall–Kier alpha value is -3.16. The fourth-order valence-electron chi connectivity index (χ4n) is 3.88. The van der Waals surface area contributed by atoms with E-state index in [-0.39, 0.29) is 23.8 Å². The summed E-state index contributed by atoms with van der Waals surface area (Å²) >= 11 is 0. The number of carbonyl (C=O) groups excluding carboxylic acids is 1. The number of imidazole rings is 1. The zero-order valence-electron chi connectivity index (χ0n) is 16.0. The van der Waals surface area contributed by atoms with E-state index >= 15 is 0 Å². The van der Waals surface area contributed by atoms with Gasteiger partial charge >= 0.3 is 0 Å². The van der Waals surface area contributed by atoms with Crippen molar-refractivity contribution in [2.45, 2.75) is 25.9 Å². The Morgan fingerprint density at radius 3 is 2.79 bits per heavy atom. The van der Waals surface area contributed by atoms with Gasteiger partial charge in [0.1, 0.15) is 40.6 Å². The molecule has 3 aromatic rings. The summed E-state index contributed by atoms with van der Waals surface area (Å²) in [6.07, 6.45) is 0.283. The smallest absolute Gasteiger partial charge is 0.228 e. The third-order valence-electron chi connectivity index (χ3n) is 5.61. The van der Waals surface area contributed by atoms with Crippen LogP contribution in [0.25, 0.3) is 11.0 Å². The van der Waals surface area contributed by atoms with E-state index in [1.165, 1.54) is 6.07 Å². The fraction of sp³-hybridized carbons (Fsp3) is 0.333. The molecule has 8 heteroatoms. The number of aromatic nitrogens is 2. The van der Waals surface area contributed by atoms with Gasteiger partial charge in [-0.15, -0.1) is 0 Å². The molecule has 5 rings (SSSR count). The van der Waals surface area contributed by atoms with Crippen LogP contribution in [0.15, 0.2) is 24.3 Å². The van der Waals surface area contributed by atoms with E-state index in [0.29, 0.717) is 30.7 Å². The topological polar surface area (TPSA) is 56.6 Å². The molecule has 1 saturated heterocycles. The summed E-state index contributed by atoms with van der Waals surface area (Å²) in [7, 11) is 1.89. The fourth-order valence-corrected chi connectivity index (χ4v) is 3.88. The molecule has 2 aliphatic rings. The van der Waals surface area contributed by atoms with Crippen LogP contribution in [0.3, 0.4) is 0 Å². The highest BCUT2D eigenvalue weighted by molar-refractivity contribution is 6.01. The van der Waals surface area contributed by atoms with Crippen molar-refractivity contribution in [2.24, 2.45) is 7.05 Å². The zero-order chi connectivity index (χ0) is 20.3. The summed E-state index contributed by atoms with van der Waals surface area (Å²) in [5.41, 5.74) is 2.38. The minimum Gasteiger partial charge on any atom is -0.493 e. The van der Waals surface area contributed by atoms with Gasteiger partial charge in [0, 0.05) is 50.3 Å². The Morgan fingerprint density at radius 1 is 1.24 bits per heavy atom. The van der Waals surface area contributed by atoms with Crippen LogP contribution in [0.1, 0.15) is 30.3 Å². The number of rotatable bonds is 3. The van der Waals surface area contributed by atoms with Gasteiger partial charge in [0.25, 0.3) is 0 Å². The highest BCUT2D eigenvalue weighted by Crippen LogP contribution is 2.41. The molecule has 0 N–H and O–H groups in total. The maximum Gasteiger partial charge on any atom is 0.228 e. The number of carbonyl (C=O) groups is 1. The average Bonchev–Trinajstić information content (AvgIpc) is 2.95. The molecule has 150 valence electrons. The van der Waals surface area contributed by atoms with Gasteiger partial charge in [-0.3, -0.25) is 4.79 Å². The number of ether oxygens (including phenoxy) is 2. The minimum atomic E-state index is -0.702. The van der Waals surface area contributed by atoms with Crippen molar-refractivity contribution in [3.8, 4) is 11.5 Å². The predicted molar refractivity (Wildman–Crippen MR) is 102 cm³/mol. The second-order valence-corrected chi connectivity index (χ2v) is 7.37. The van der Waals surface area contributed by atoms with E-state index in [9.17, 15) is 13.6 Å². The summed E-state index contributed by atoms with van der Waals surface area (Å²) in [4.78, 5) is 18.2. The first kappa shape index (κ1) is 17.9. The lowest BCUT2D eigenvalue weighted by Gasteiger charge is -2.32. The Labute approximate surface area is 165 Å². The highest BCUT2D eigenvalue weighted by Gasteiger charge is 2.31. The summed E-state index contributed by atoms with van der Waals surface area (Å²) in [6, 6.07) is 5.68. The molecule has 2 aromatic carbocycles. The number of anilines is 1. The Kier molecular flexibility index (Phi) is 3.97. The standard InChI is InChI=1S/C21H19F2N3O3/c1-11-24-21-15(25(11)2)9-13(26-5-3-19(26)27)10-18(21)29-16-4-6-28-17-8-12(22)7-14(23)20(16)17/h7-10,16H,3-6H2,1-2H3. The van der Waals surface area contributed by atoms with E-state index in [2.05, 4.69) is 4.98 Å². The monoisotopic (exact) mass is 399 g/mol. The quantitative estimate of drug-likeness (QED) is 0.629. The number of fused-ring (bicyclic) bond motifs is 2. The molecule has 0 aliphatic carbocycles. The van der Waals surface area contributed by atoms with E-state index in [1.807, 2.05) is 24.6 Å². The van der Waals surface area contributed by atoms with Gasteiger partial charge in [-0.05, 0) is 13.0 Å². The molecule has 6 nitrogen and oxygen atoms in total. The van der Waals surface area contributed by atoms with Crippen LogP contribution in [-0.2, 0) is 11.8 Å². The number of halogens is 2. The number of hydrogen-bond acceptors (Lipinski definition) is 4. The third kappa shape index (κ3) is 2.82. The van der Waals surface area contributed by atoms with Crippen LogP contribution in [0.2, 0.25) is 0 Å². The zero-order valence-corrected chi connectivity index (χ0v) is 16.0. The van der Waals surface area contributed by atoms with Gasteiger partial charge in [0.15, 0.2) is 0 Å². The van der Waals surface area contributed by atoms with E-state index in [4.69, 9.17) is 9.47 Å². The van der Waals surface area contributed by atoms with Crippen LogP contribution in [0, 0.1) is 18.6 Å². The predicted octanol–water partition coefficient (Wildman–Crippen LogP) is 3.80. The maximum absolute atomic E-state index is 14.5. The van der Waals surface area contributed by atoms with Crippen LogP contribution in [0.4, 0.5) is 14.5 Å². The van der Waals surface area contributed by atoms with Crippen molar-refractivity contribution in [3.63, 3.8) is 0 Å². The number of benzene rings is 2. The molecule has 0 radical (unpaired) electrons. The molecule has 0 spiro atoms. The molecule has 1 amide bonds. The van der Waals surface area contributed by atoms with Crippen LogP contribution < -0.4 is 14.4 Å². The van der Waals surface area contributed by atoms with E-state index in [1.54, 1.807) is 11.0 Å². The average molecular weight is 399 g/mol. The van der Waals surface area contributed by atoms with Gasteiger partial charge in [0.05, 0.1) is 17.7 Å². The Morgan fingerprint density at radius 2 is 2.07 bits per heavy atom. The molecule has 29 heavy (non-hydrogen) atoms. The van der Waals surface area contributed by atoms with Crippen molar-refractivity contribution < 1.29 is 23.0 Å². The maximum atomic E-state index is 14.5. The lowest BCUT2D eigenvalue weighted by atomic mass is 10.0. The second kappa shape index (κ2) is 6.43. The normalized spacial score (nSPS) is 18.4. The van der Waals surface area contributed by atoms with E-state index in [0.717, 1.165) is 23.1 Å². The molecular weight excluding hydrogens is 380 g/mol. The summed E-state index contributed by atoms with van der Waals surface area (Å²) in [5, 5.41) is 0. The van der Waals surface area contributed by atoms with Crippen LogP contribution in [0.5, 0.6) is 11.5 Å². The molecular formula is C21H19F2N3O3. The van der Waals surface area contributed by atoms with Crippen molar-refractivity contribution >= 4 is 22.6 Å². The SMILES string of the molecule is Cc1nc2c(OC3CCOc4cc(F)cc(F)c43)cc(N3CCC3=O)cc2n1C. The van der Waals surface area contributed by atoms with Crippen molar-refractivity contribution in [1.82, 2.24) is 9.55 Å². The minimum absolute atomic E-state index is 0.0483. The van der Waals surface area contributed by atoms with Gasteiger partial charge in [0.2, 0.25) is 5.91 Å². The molecule has 1 fully saturated rings. The summed E-state index contributed by atoms with van der Waals surface area (Å²) in [5.74, 6) is 0.0589. The number of β-lactam (4-membered cyclic amide) rings is 1. The lowest BCUT2D eigenvalue weighted by molar-refractivity contribution is -0.122. The van der Waals surface area contributed by atoms with Crippen molar-refractivity contribution in [1.29, 1.82) is 0 Å². The number of aryl methyl sites for hydroxylation is 2. The molecule has 1 aromatic heterocycles. The first-order valence-corrected chi connectivity index (χ1v) is 9.48. The van der Waals surface area contributed by atoms with Crippen molar-refractivity contribution in [2.75, 3.05) is 18.1 Å². The van der Waals surface area contributed by atoms with E-state index < -0.39 is 17.7 Å². The second-order valence-electron chi connectivity index (χ2n) is 7.37. The molecule has 1 unspecified atom stereocenters. The number of amides is 1. The lowest BCUT2D eigenvalue weighted by Crippen LogP contribution is -2.43. The van der Waals surface area contributed by atoms with Crippen LogP contribution in [-0.4, -0.2) is 28.6 Å². The van der Waals surface area contributed by atoms with Gasteiger partial charge in [-0.1, -0.05) is 0 Å². The molecule has 2 aliphatic heterocycles. The number of hydrogen-bond donors (Lipinski definition) is 0. The highest BCUT2D eigenvalue weighted by atomic mass is 19.1. The van der Waals surface area contributed by atoms with Gasteiger partial charge in [-0.25, -0.2) is 13.8 Å². The number of nitrogens with zero attached hydrogens (tertiary/aromatic N) is 3. The van der Waals surface area contributed by atoms with Crippen LogP contribution >= 0.6 is 0 Å². The summed E-state index contributed by atoms with van der Waals surface area (Å²) in [6.45, 7) is 2.81. The Bertz CT molecular complexity index is 1160. The third-order valence-corrected chi connectivity index (χ3v) is 5.61. The molecule has 3 heterocycles. The molecule has 1 atom stereocenters. The largest absolute Gasteiger partial charge is 0.493 e. The molecule has 0 bridgehead atoms.